The smallest absolute Gasteiger partial charge is 0.329 e. The van der Waals surface area contributed by atoms with E-state index in [-0.39, 0.29) is 11.3 Å². The molecule has 1 amide bonds. The zero-order valence-electron chi connectivity index (χ0n) is 20.9. The predicted molar refractivity (Wildman–Crippen MR) is 128 cm³/mol. The van der Waals surface area contributed by atoms with Gasteiger partial charge in [0.2, 0.25) is 0 Å². The summed E-state index contributed by atoms with van der Waals surface area (Å²) in [6, 6.07) is 5.09. The van der Waals surface area contributed by atoms with Crippen molar-refractivity contribution in [3.05, 3.63) is 51.2 Å². The lowest BCUT2D eigenvalue weighted by Gasteiger charge is -2.35. The van der Waals surface area contributed by atoms with Crippen LogP contribution in [0.5, 0.6) is 0 Å². The number of rotatable bonds is 5. The molecule has 0 N–H and O–H groups in total. The standard InChI is InChI=1S/C25H31N3O7/c1-14-19(22(29)27-12-8-11-18(27)23(30)35-25(3,4)5)21(20(15(2)26-14)24(31)34-6)16-9-7-10-17(13-16)28(32)33/h7,9-10,13,18,20-21H,8,11-12H2,1-6H3/t18-,20?,21-/m0/s1. The third kappa shape index (κ3) is 5.41. The van der Waals surface area contributed by atoms with E-state index in [2.05, 4.69) is 4.99 Å². The van der Waals surface area contributed by atoms with E-state index >= 15 is 0 Å². The van der Waals surface area contributed by atoms with Gasteiger partial charge in [-0.2, -0.15) is 0 Å². The van der Waals surface area contributed by atoms with Gasteiger partial charge in [0.05, 0.1) is 12.0 Å². The largest absolute Gasteiger partial charge is 0.468 e. The Hall–Kier alpha value is -3.56. The number of nitro benzene ring substituents is 1. The van der Waals surface area contributed by atoms with Crippen LogP contribution in [0.2, 0.25) is 0 Å². The van der Waals surface area contributed by atoms with Crippen LogP contribution in [0.4, 0.5) is 5.69 Å². The Kier molecular flexibility index (Phi) is 7.42. The molecule has 1 unspecified atom stereocenters. The molecule has 0 aliphatic carbocycles. The average molecular weight is 486 g/mol. The number of allylic oxidation sites excluding steroid dienone is 1. The highest BCUT2D eigenvalue weighted by Crippen LogP contribution is 2.42. The van der Waals surface area contributed by atoms with E-state index in [9.17, 15) is 24.5 Å². The van der Waals surface area contributed by atoms with Gasteiger partial charge in [0.1, 0.15) is 17.6 Å². The number of carbonyl (C=O) groups is 3. The summed E-state index contributed by atoms with van der Waals surface area (Å²) in [6.07, 6.45) is 1.07. The van der Waals surface area contributed by atoms with Crippen LogP contribution in [-0.4, -0.2) is 58.7 Å². The maximum absolute atomic E-state index is 14.0. The second kappa shape index (κ2) is 9.97. The number of hydrogen-bond acceptors (Lipinski definition) is 8. The third-order valence-corrected chi connectivity index (χ3v) is 6.15. The lowest BCUT2D eigenvalue weighted by atomic mass is 9.75. The zero-order valence-corrected chi connectivity index (χ0v) is 20.9. The van der Waals surface area contributed by atoms with E-state index in [1.165, 1.54) is 30.2 Å². The predicted octanol–water partition coefficient (Wildman–Crippen LogP) is 3.55. The van der Waals surface area contributed by atoms with Gasteiger partial charge in [-0.1, -0.05) is 12.1 Å². The molecule has 0 radical (unpaired) electrons. The number of amides is 1. The van der Waals surface area contributed by atoms with Crippen molar-refractivity contribution in [3.63, 3.8) is 0 Å². The van der Waals surface area contributed by atoms with Crippen LogP contribution in [0, 0.1) is 16.0 Å². The molecule has 10 nitrogen and oxygen atoms in total. The summed E-state index contributed by atoms with van der Waals surface area (Å²) in [5, 5.41) is 11.4. The molecule has 3 atom stereocenters. The Morgan fingerprint density at radius 2 is 1.86 bits per heavy atom. The lowest BCUT2D eigenvalue weighted by Crippen LogP contribution is -2.46. The van der Waals surface area contributed by atoms with Crippen molar-refractivity contribution in [2.45, 2.75) is 65.0 Å². The molecule has 2 aliphatic heterocycles. The Balaban J connectivity index is 2.11. The molecule has 1 aromatic carbocycles. The number of benzene rings is 1. The molecule has 0 saturated carbocycles. The van der Waals surface area contributed by atoms with Crippen molar-refractivity contribution < 1.29 is 28.8 Å². The number of hydrogen-bond donors (Lipinski definition) is 0. The highest BCUT2D eigenvalue weighted by molar-refractivity contribution is 6.08. The lowest BCUT2D eigenvalue weighted by molar-refractivity contribution is -0.384. The van der Waals surface area contributed by atoms with E-state index in [0.717, 1.165) is 0 Å². The molecule has 1 saturated heterocycles. The molecule has 35 heavy (non-hydrogen) atoms. The summed E-state index contributed by atoms with van der Waals surface area (Å²) >= 11 is 0. The molecule has 188 valence electrons. The molecule has 10 heteroatoms. The van der Waals surface area contributed by atoms with Gasteiger partial charge < -0.3 is 14.4 Å². The summed E-state index contributed by atoms with van der Waals surface area (Å²) in [6.45, 7) is 8.94. The zero-order chi connectivity index (χ0) is 26.1. The third-order valence-electron chi connectivity index (χ3n) is 6.15. The first kappa shape index (κ1) is 26.1. The highest BCUT2D eigenvalue weighted by Gasteiger charge is 2.46. The van der Waals surface area contributed by atoms with Gasteiger partial charge in [-0.25, -0.2) is 4.79 Å². The fraction of sp³-hybridized carbons (Fsp3) is 0.520. The second-order valence-electron chi connectivity index (χ2n) is 9.77. The Morgan fingerprint density at radius 3 is 2.46 bits per heavy atom. The van der Waals surface area contributed by atoms with E-state index in [1.54, 1.807) is 40.7 Å². The molecule has 1 fully saturated rings. The quantitative estimate of drug-likeness (QED) is 0.354. The molecule has 2 heterocycles. The van der Waals surface area contributed by atoms with E-state index in [0.29, 0.717) is 36.4 Å². The fourth-order valence-corrected chi connectivity index (χ4v) is 4.72. The van der Waals surface area contributed by atoms with Crippen LogP contribution in [-0.2, 0) is 23.9 Å². The maximum Gasteiger partial charge on any atom is 0.329 e. The molecule has 0 spiro atoms. The highest BCUT2D eigenvalue weighted by atomic mass is 16.6. The van der Waals surface area contributed by atoms with Gasteiger partial charge in [-0.15, -0.1) is 0 Å². The SMILES string of the molecule is COC(=O)C1C(C)=NC(C)=C(C(=O)N2CCC[C@H]2C(=O)OC(C)(C)C)[C@@H]1c1cccc([N+](=O)[O-])c1. The number of methoxy groups -OCH3 is 1. The van der Waals surface area contributed by atoms with Crippen LogP contribution >= 0.6 is 0 Å². The van der Waals surface area contributed by atoms with Gasteiger partial charge in [0.15, 0.2) is 0 Å². The van der Waals surface area contributed by atoms with Gasteiger partial charge in [-0.05, 0) is 53.0 Å². The number of ether oxygens (including phenoxy) is 2. The van der Waals surface area contributed by atoms with Crippen LogP contribution < -0.4 is 0 Å². The normalized spacial score (nSPS) is 22.5. The summed E-state index contributed by atoms with van der Waals surface area (Å²) in [5.74, 6) is -3.36. The summed E-state index contributed by atoms with van der Waals surface area (Å²) in [7, 11) is 1.24. The maximum atomic E-state index is 14.0. The van der Waals surface area contributed by atoms with Crippen molar-refractivity contribution in [3.8, 4) is 0 Å². The monoisotopic (exact) mass is 485 g/mol. The number of carbonyl (C=O) groups excluding carboxylic acids is 3. The van der Waals surface area contributed by atoms with Crippen molar-refractivity contribution in [1.29, 1.82) is 0 Å². The minimum absolute atomic E-state index is 0.163. The van der Waals surface area contributed by atoms with Crippen molar-refractivity contribution in [2.24, 2.45) is 10.9 Å². The van der Waals surface area contributed by atoms with Crippen LogP contribution in [0.15, 0.2) is 40.5 Å². The number of non-ortho nitro benzene ring substituents is 1. The number of esters is 2. The molecule has 3 rings (SSSR count). The molecule has 0 aromatic heterocycles. The first-order valence-electron chi connectivity index (χ1n) is 11.5. The van der Waals surface area contributed by atoms with Gasteiger partial charge >= 0.3 is 11.9 Å². The van der Waals surface area contributed by atoms with E-state index in [1.807, 2.05) is 0 Å². The second-order valence-corrected chi connectivity index (χ2v) is 9.77. The van der Waals surface area contributed by atoms with E-state index in [4.69, 9.17) is 9.47 Å². The first-order valence-corrected chi connectivity index (χ1v) is 11.5. The van der Waals surface area contributed by atoms with Crippen LogP contribution in [0.25, 0.3) is 0 Å². The number of nitrogens with zero attached hydrogens (tertiary/aromatic N) is 3. The minimum Gasteiger partial charge on any atom is -0.468 e. The summed E-state index contributed by atoms with van der Waals surface area (Å²) < 4.78 is 10.6. The van der Waals surface area contributed by atoms with Gasteiger partial charge in [0.25, 0.3) is 11.6 Å². The molecular formula is C25H31N3O7. The first-order chi connectivity index (χ1) is 16.4. The van der Waals surface area contributed by atoms with Crippen LogP contribution in [0.3, 0.4) is 0 Å². The van der Waals surface area contributed by atoms with E-state index < -0.39 is 46.2 Å². The number of aliphatic imine (C=N–C) groups is 1. The molecule has 2 aliphatic rings. The van der Waals surface area contributed by atoms with Gasteiger partial charge in [0, 0.05) is 41.6 Å². The molecule has 0 bridgehead atoms. The Morgan fingerprint density at radius 1 is 1.17 bits per heavy atom. The van der Waals surface area contributed by atoms with Crippen molar-refractivity contribution in [2.75, 3.05) is 13.7 Å². The minimum atomic E-state index is -0.952. The molecule has 1 aromatic rings. The topological polar surface area (TPSA) is 128 Å². The summed E-state index contributed by atoms with van der Waals surface area (Å²) in [4.78, 5) is 56.5. The van der Waals surface area contributed by atoms with Crippen LogP contribution in [0.1, 0.15) is 58.9 Å². The number of likely N-dealkylation sites (tertiary alicyclic amines) is 1. The fourth-order valence-electron chi connectivity index (χ4n) is 4.72. The average Bonchev–Trinajstić information content (AvgIpc) is 3.27. The van der Waals surface area contributed by atoms with Gasteiger partial charge in [-0.3, -0.25) is 24.7 Å². The number of nitro groups is 1. The molecular weight excluding hydrogens is 454 g/mol. The van der Waals surface area contributed by atoms with Crippen molar-refractivity contribution >= 4 is 29.2 Å². The van der Waals surface area contributed by atoms with Crippen molar-refractivity contribution in [1.82, 2.24) is 4.90 Å². The summed E-state index contributed by atoms with van der Waals surface area (Å²) in [5.41, 5.74) is 0.577. The Bertz CT molecular complexity index is 1120. The Labute approximate surface area is 204 Å².